The third kappa shape index (κ3) is 3.12. The molecule has 0 saturated carbocycles. The van der Waals surface area contributed by atoms with Gasteiger partial charge in [0.2, 0.25) is 0 Å². The molecule has 0 spiro atoms. The zero-order chi connectivity index (χ0) is 13.4. The Kier molecular flexibility index (Phi) is 3.52. The van der Waals surface area contributed by atoms with Crippen molar-refractivity contribution in [3.05, 3.63) is 17.5 Å². The average molecular weight is 250 g/mol. The standard InChI is InChI=1S/C14H26N4/c1-13(2,3)12-11(8-16-17-12)9-18-7-6-15-14(4,5)10-18/h8,15H,6-7,9-10H2,1-5H3,(H,16,17). The zero-order valence-electron chi connectivity index (χ0n) is 12.3. The maximum atomic E-state index is 4.22. The minimum Gasteiger partial charge on any atom is -0.309 e. The number of rotatable bonds is 2. The smallest absolute Gasteiger partial charge is 0.0535 e. The van der Waals surface area contributed by atoms with Crippen molar-refractivity contribution in [1.29, 1.82) is 0 Å². The van der Waals surface area contributed by atoms with Gasteiger partial charge in [-0.1, -0.05) is 20.8 Å². The number of nitrogens with one attached hydrogen (secondary N) is 2. The monoisotopic (exact) mass is 250 g/mol. The molecule has 0 bridgehead atoms. The second-order valence-corrected chi connectivity index (χ2v) is 7.04. The Bertz CT molecular complexity index is 400. The normalized spacial score (nSPS) is 21.2. The van der Waals surface area contributed by atoms with E-state index in [9.17, 15) is 0 Å². The summed E-state index contributed by atoms with van der Waals surface area (Å²) < 4.78 is 0. The summed E-state index contributed by atoms with van der Waals surface area (Å²) in [5.41, 5.74) is 2.94. The number of aromatic amines is 1. The Labute approximate surface area is 110 Å². The van der Waals surface area contributed by atoms with Gasteiger partial charge in [0.1, 0.15) is 0 Å². The van der Waals surface area contributed by atoms with E-state index in [-0.39, 0.29) is 11.0 Å². The van der Waals surface area contributed by atoms with E-state index in [0.29, 0.717) is 0 Å². The summed E-state index contributed by atoms with van der Waals surface area (Å²) >= 11 is 0. The lowest BCUT2D eigenvalue weighted by Crippen LogP contribution is -2.56. The van der Waals surface area contributed by atoms with Gasteiger partial charge in [0, 0.05) is 48.4 Å². The fraction of sp³-hybridized carbons (Fsp3) is 0.786. The Morgan fingerprint density at radius 2 is 2.11 bits per heavy atom. The van der Waals surface area contributed by atoms with Crippen LogP contribution >= 0.6 is 0 Å². The van der Waals surface area contributed by atoms with Crippen molar-refractivity contribution in [3.63, 3.8) is 0 Å². The number of hydrogen-bond acceptors (Lipinski definition) is 3. The summed E-state index contributed by atoms with van der Waals surface area (Å²) in [6, 6.07) is 0. The van der Waals surface area contributed by atoms with E-state index in [1.54, 1.807) is 0 Å². The quantitative estimate of drug-likeness (QED) is 0.842. The molecule has 0 atom stereocenters. The number of piperazine rings is 1. The first-order valence-corrected chi connectivity index (χ1v) is 6.78. The van der Waals surface area contributed by atoms with Gasteiger partial charge in [0.25, 0.3) is 0 Å². The molecule has 0 aromatic carbocycles. The lowest BCUT2D eigenvalue weighted by atomic mass is 9.89. The summed E-state index contributed by atoms with van der Waals surface area (Å²) in [5, 5.41) is 10.9. The van der Waals surface area contributed by atoms with Crippen molar-refractivity contribution in [1.82, 2.24) is 20.4 Å². The van der Waals surface area contributed by atoms with Crippen molar-refractivity contribution in [3.8, 4) is 0 Å². The van der Waals surface area contributed by atoms with Gasteiger partial charge in [0.05, 0.1) is 6.20 Å². The van der Waals surface area contributed by atoms with Crippen LogP contribution < -0.4 is 5.32 Å². The molecule has 2 N–H and O–H groups in total. The molecule has 0 aliphatic carbocycles. The van der Waals surface area contributed by atoms with E-state index < -0.39 is 0 Å². The molecule has 18 heavy (non-hydrogen) atoms. The summed E-state index contributed by atoms with van der Waals surface area (Å²) in [6.07, 6.45) is 1.98. The first-order valence-electron chi connectivity index (χ1n) is 6.78. The minimum atomic E-state index is 0.134. The van der Waals surface area contributed by atoms with Gasteiger partial charge >= 0.3 is 0 Å². The van der Waals surface area contributed by atoms with E-state index >= 15 is 0 Å². The molecule has 2 rings (SSSR count). The van der Waals surface area contributed by atoms with E-state index in [4.69, 9.17) is 0 Å². The Morgan fingerprint density at radius 3 is 2.72 bits per heavy atom. The highest BCUT2D eigenvalue weighted by Crippen LogP contribution is 2.25. The van der Waals surface area contributed by atoms with Crippen molar-refractivity contribution in [2.45, 2.75) is 52.1 Å². The first-order chi connectivity index (χ1) is 8.28. The van der Waals surface area contributed by atoms with E-state index in [1.807, 2.05) is 6.20 Å². The van der Waals surface area contributed by atoms with Crippen LogP contribution in [0, 0.1) is 0 Å². The van der Waals surface area contributed by atoms with Gasteiger partial charge in [-0.2, -0.15) is 5.10 Å². The highest BCUT2D eigenvalue weighted by atomic mass is 15.2. The van der Waals surface area contributed by atoms with Crippen molar-refractivity contribution in [2.75, 3.05) is 19.6 Å². The molecule has 0 unspecified atom stereocenters. The number of aromatic nitrogens is 2. The summed E-state index contributed by atoms with van der Waals surface area (Å²) in [6.45, 7) is 15.5. The Morgan fingerprint density at radius 1 is 1.39 bits per heavy atom. The van der Waals surface area contributed by atoms with E-state index in [1.165, 1.54) is 11.3 Å². The molecule has 4 nitrogen and oxygen atoms in total. The topological polar surface area (TPSA) is 44.0 Å². The van der Waals surface area contributed by atoms with Crippen LogP contribution in [0.4, 0.5) is 0 Å². The average Bonchev–Trinajstić information content (AvgIpc) is 2.63. The number of nitrogens with zero attached hydrogens (tertiary/aromatic N) is 2. The van der Waals surface area contributed by atoms with Crippen molar-refractivity contribution < 1.29 is 0 Å². The first kappa shape index (κ1) is 13.6. The molecular formula is C14H26N4. The van der Waals surface area contributed by atoms with Crippen molar-refractivity contribution >= 4 is 0 Å². The molecule has 1 aromatic rings. The third-order valence-corrected chi connectivity index (χ3v) is 3.51. The van der Waals surface area contributed by atoms with Gasteiger partial charge in [0.15, 0.2) is 0 Å². The molecule has 1 saturated heterocycles. The second-order valence-electron chi connectivity index (χ2n) is 7.04. The van der Waals surface area contributed by atoms with Gasteiger partial charge in [-0.3, -0.25) is 10.00 Å². The predicted octanol–water partition coefficient (Wildman–Crippen LogP) is 1.89. The van der Waals surface area contributed by atoms with E-state index in [2.05, 4.69) is 55.0 Å². The van der Waals surface area contributed by atoms with Crippen LogP contribution in [0.15, 0.2) is 6.20 Å². The second kappa shape index (κ2) is 4.67. The van der Waals surface area contributed by atoms with Crippen LogP contribution in [0.1, 0.15) is 45.9 Å². The SMILES string of the molecule is CC1(C)CN(Cc2cn[nH]c2C(C)(C)C)CCN1. The van der Waals surface area contributed by atoms with Crippen LogP contribution in [0.25, 0.3) is 0 Å². The summed E-state index contributed by atoms with van der Waals surface area (Å²) in [7, 11) is 0. The summed E-state index contributed by atoms with van der Waals surface area (Å²) in [5.74, 6) is 0. The van der Waals surface area contributed by atoms with Crippen LogP contribution in [0.3, 0.4) is 0 Å². The minimum absolute atomic E-state index is 0.134. The Balaban J connectivity index is 2.08. The molecule has 2 heterocycles. The van der Waals surface area contributed by atoms with Crippen LogP contribution in [-0.2, 0) is 12.0 Å². The van der Waals surface area contributed by atoms with Crippen LogP contribution in [-0.4, -0.2) is 40.3 Å². The van der Waals surface area contributed by atoms with E-state index in [0.717, 1.165) is 26.2 Å². The fourth-order valence-corrected chi connectivity index (χ4v) is 2.70. The molecule has 102 valence electrons. The van der Waals surface area contributed by atoms with Crippen LogP contribution in [0.2, 0.25) is 0 Å². The number of H-pyrrole nitrogens is 1. The van der Waals surface area contributed by atoms with Gasteiger partial charge in [-0.15, -0.1) is 0 Å². The fourth-order valence-electron chi connectivity index (χ4n) is 2.70. The maximum absolute atomic E-state index is 4.22. The molecule has 1 aliphatic heterocycles. The summed E-state index contributed by atoms with van der Waals surface area (Å²) in [4.78, 5) is 2.51. The molecule has 0 amide bonds. The van der Waals surface area contributed by atoms with Gasteiger partial charge in [-0.25, -0.2) is 0 Å². The molecule has 1 fully saturated rings. The molecule has 4 heteroatoms. The molecule has 0 radical (unpaired) electrons. The van der Waals surface area contributed by atoms with Gasteiger partial charge < -0.3 is 5.32 Å². The zero-order valence-corrected chi connectivity index (χ0v) is 12.3. The maximum Gasteiger partial charge on any atom is 0.0535 e. The molecule has 1 aliphatic rings. The number of hydrogen-bond donors (Lipinski definition) is 2. The Hall–Kier alpha value is -0.870. The lowest BCUT2D eigenvalue weighted by Gasteiger charge is -2.39. The lowest BCUT2D eigenvalue weighted by molar-refractivity contribution is 0.147. The van der Waals surface area contributed by atoms with Crippen LogP contribution in [0.5, 0.6) is 0 Å². The molecule has 1 aromatic heterocycles. The predicted molar refractivity (Wildman–Crippen MR) is 74.6 cm³/mol. The van der Waals surface area contributed by atoms with Gasteiger partial charge in [-0.05, 0) is 13.8 Å². The molecular weight excluding hydrogens is 224 g/mol. The highest BCUT2D eigenvalue weighted by molar-refractivity contribution is 5.23. The largest absolute Gasteiger partial charge is 0.309 e. The van der Waals surface area contributed by atoms with Crippen molar-refractivity contribution in [2.24, 2.45) is 0 Å². The highest BCUT2D eigenvalue weighted by Gasteiger charge is 2.27. The third-order valence-electron chi connectivity index (χ3n) is 3.51.